The highest BCUT2D eigenvalue weighted by Gasteiger charge is 2.32. The Bertz CT molecular complexity index is 199. The van der Waals surface area contributed by atoms with Gasteiger partial charge in [0.05, 0.1) is 13.2 Å². The molecule has 1 aliphatic heterocycles. The number of aliphatic hydroxyl groups is 1. The van der Waals surface area contributed by atoms with Crippen LogP contribution in [0.2, 0.25) is 0 Å². The zero-order chi connectivity index (χ0) is 12.2. The second-order valence-corrected chi connectivity index (χ2v) is 4.17. The van der Waals surface area contributed by atoms with Gasteiger partial charge in [-0.25, -0.2) is 0 Å². The standard InChI is InChI=1S/C10H19F3N2O/c1-2-9(7-16)15-5-3-14(4-6-15)8-10(11,12)13/h9,16H,2-8H2,1H3. The van der Waals surface area contributed by atoms with Crippen molar-refractivity contribution in [3.8, 4) is 0 Å². The maximum Gasteiger partial charge on any atom is 0.401 e. The number of halogens is 3. The maximum absolute atomic E-state index is 12.1. The van der Waals surface area contributed by atoms with Gasteiger partial charge in [0.25, 0.3) is 0 Å². The lowest BCUT2D eigenvalue weighted by Gasteiger charge is -2.38. The van der Waals surface area contributed by atoms with E-state index in [0.717, 1.165) is 6.42 Å². The van der Waals surface area contributed by atoms with Crippen molar-refractivity contribution >= 4 is 0 Å². The molecule has 6 heteroatoms. The molecule has 1 rings (SSSR count). The second-order valence-electron chi connectivity index (χ2n) is 4.17. The highest BCUT2D eigenvalue weighted by molar-refractivity contribution is 4.78. The molecule has 1 atom stereocenters. The van der Waals surface area contributed by atoms with Crippen LogP contribution in [0.5, 0.6) is 0 Å². The molecule has 1 heterocycles. The molecule has 1 unspecified atom stereocenters. The summed E-state index contributed by atoms with van der Waals surface area (Å²) in [5, 5.41) is 9.10. The van der Waals surface area contributed by atoms with Crippen molar-refractivity contribution in [2.24, 2.45) is 0 Å². The van der Waals surface area contributed by atoms with Gasteiger partial charge < -0.3 is 5.11 Å². The number of alkyl halides is 3. The lowest BCUT2D eigenvalue weighted by atomic mass is 10.1. The molecule has 3 nitrogen and oxygen atoms in total. The first-order chi connectivity index (χ1) is 7.46. The van der Waals surface area contributed by atoms with Gasteiger partial charge in [0, 0.05) is 32.2 Å². The Morgan fingerprint density at radius 2 is 1.75 bits per heavy atom. The molecule has 1 N–H and O–H groups in total. The minimum atomic E-state index is -4.11. The average Bonchev–Trinajstić information content (AvgIpc) is 2.20. The Morgan fingerprint density at radius 3 is 2.12 bits per heavy atom. The van der Waals surface area contributed by atoms with Gasteiger partial charge >= 0.3 is 6.18 Å². The van der Waals surface area contributed by atoms with Crippen LogP contribution >= 0.6 is 0 Å². The lowest BCUT2D eigenvalue weighted by Crippen LogP contribution is -2.52. The molecule has 0 aromatic heterocycles. The number of aliphatic hydroxyl groups excluding tert-OH is 1. The van der Waals surface area contributed by atoms with E-state index in [1.807, 2.05) is 6.92 Å². The lowest BCUT2D eigenvalue weighted by molar-refractivity contribution is -0.150. The van der Waals surface area contributed by atoms with Crippen molar-refractivity contribution in [2.45, 2.75) is 25.6 Å². The Balaban J connectivity index is 2.33. The van der Waals surface area contributed by atoms with Gasteiger partial charge in [0.15, 0.2) is 0 Å². The minimum Gasteiger partial charge on any atom is -0.395 e. The van der Waals surface area contributed by atoms with Crippen LogP contribution in [-0.4, -0.2) is 66.5 Å². The summed E-state index contributed by atoms with van der Waals surface area (Å²) in [6.07, 6.45) is -3.28. The van der Waals surface area contributed by atoms with Crippen LogP contribution in [0.1, 0.15) is 13.3 Å². The Morgan fingerprint density at radius 1 is 1.19 bits per heavy atom. The monoisotopic (exact) mass is 240 g/mol. The number of hydrogen-bond donors (Lipinski definition) is 1. The first-order valence-corrected chi connectivity index (χ1v) is 5.60. The van der Waals surface area contributed by atoms with Crippen LogP contribution < -0.4 is 0 Å². The molecule has 0 radical (unpaired) electrons. The average molecular weight is 240 g/mol. The van der Waals surface area contributed by atoms with Crippen molar-refractivity contribution in [1.82, 2.24) is 9.80 Å². The van der Waals surface area contributed by atoms with Crippen molar-refractivity contribution in [2.75, 3.05) is 39.3 Å². The fourth-order valence-corrected chi connectivity index (χ4v) is 2.04. The smallest absolute Gasteiger partial charge is 0.395 e. The molecule has 0 saturated carbocycles. The second kappa shape index (κ2) is 5.84. The van der Waals surface area contributed by atoms with Gasteiger partial charge in [-0.3, -0.25) is 9.80 Å². The number of rotatable bonds is 4. The SMILES string of the molecule is CCC(CO)N1CCN(CC(F)(F)F)CC1. The van der Waals surface area contributed by atoms with Gasteiger partial charge in [-0.15, -0.1) is 0 Å². The van der Waals surface area contributed by atoms with E-state index >= 15 is 0 Å². The van der Waals surface area contributed by atoms with Crippen molar-refractivity contribution in [1.29, 1.82) is 0 Å². The molecular weight excluding hydrogens is 221 g/mol. The van der Waals surface area contributed by atoms with E-state index in [4.69, 9.17) is 5.11 Å². The molecule has 1 aliphatic rings. The highest BCUT2D eigenvalue weighted by Crippen LogP contribution is 2.18. The Hall–Kier alpha value is -0.330. The van der Waals surface area contributed by atoms with E-state index in [-0.39, 0.29) is 12.6 Å². The molecule has 0 bridgehead atoms. The molecule has 0 aromatic rings. The third-order valence-electron chi connectivity index (χ3n) is 3.01. The van der Waals surface area contributed by atoms with Crippen LogP contribution in [-0.2, 0) is 0 Å². The summed E-state index contributed by atoms with van der Waals surface area (Å²) >= 11 is 0. The van der Waals surface area contributed by atoms with Gasteiger partial charge in [-0.1, -0.05) is 6.92 Å². The van der Waals surface area contributed by atoms with E-state index in [0.29, 0.717) is 26.2 Å². The molecule has 0 amide bonds. The van der Waals surface area contributed by atoms with Gasteiger partial charge in [0.2, 0.25) is 0 Å². The van der Waals surface area contributed by atoms with E-state index in [1.54, 1.807) is 0 Å². The maximum atomic E-state index is 12.1. The third-order valence-corrected chi connectivity index (χ3v) is 3.01. The largest absolute Gasteiger partial charge is 0.401 e. The fourth-order valence-electron chi connectivity index (χ4n) is 2.04. The summed E-state index contributed by atoms with van der Waals surface area (Å²) in [5.74, 6) is 0. The number of piperazine rings is 1. The number of nitrogens with zero attached hydrogens (tertiary/aromatic N) is 2. The summed E-state index contributed by atoms with van der Waals surface area (Å²) < 4.78 is 36.4. The summed E-state index contributed by atoms with van der Waals surface area (Å²) in [4.78, 5) is 3.48. The van der Waals surface area contributed by atoms with Gasteiger partial charge in [0.1, 0.15) is 0 Å². The van der Waals surface area contributed by atoms with Crippen molar-refractivity contribution in [3.63, 3.8) is 0 Å². The zero-order valence-corrected chi connectivity index (χ0v) is 9.50. The summed E-state index contributed by atoms with van der Waals surface area (Å²) in [5.41, 5.74) is 0. The summed E-state index contributed by atoms with van der Waals surface area (Å²) in [6.45, 7) is 3.30. The molecule has 16 heavy (non-hydrogen) atoms. The van der Waals surface area contributed by atoms with Crippen molar-refractivity contribution in [3.05, 3.63) is 0 Å². The van der Waals surface area contributed by atoms with Crippen LogP contribution in [0, 0.1) is 0 Å². The predicted molar refractivity (Wildman–Crippen MR) is 55.2 cm³/mol. The van der Waals surface area contributed by atoms with Crippen LogP contribution in [0.25, 0.3) is 0 Å². The minimum absolute atomic E-state index is 0.0791. The summed E-state index contributed by atoms with van der Waals surface area (Å²) in [7, 11) is 0. The van der Waals surface area contributed by atoms with Crippen LogP contribution in [0.15, 0.2) is 0 Å². The molecule has 96 valence electrons. The normalized spacial score (nSPS) is 22.3. The van der Waals surface area contributed by atoms with E-state index < -0.39 is 12.7 Å². The summed E-state index contributed by atoms with van der Waals surface area (Å²) in [6, 6.07) is 0.0908. The molecule has 0 aromatic carbocycles. The van der Waals surface area contributed by atoms with Gasteiger partial charge in [-0.05, 0) is 6.42 Å². The molecule has 1 fully saturated rings. The Labute approximate surface area is 93.8 Å². The molecular formula is C10H19F3N2O. The van der Waals surface area contributed by atoms with Crippen molar-refractivity contribution < 1.29 is 18.3 Å². The predicted octanol–water partition coefficient (Wildman–Crippen LogP) is 0.937. The number of hydrogen-bond acceptors (Lipinski definition) is 3. The van der Waals surface area contributed by atoms with E-state index in [2.05, 4.69) is 4.90 Å². The highest BCUT2D eigenvalue weighted by atomic mass is 19.4. The van der Waals surface area contributed by atoms with E-state index in [1.165, 1.54) is 4.90 Å². The fraction of sp³-hybridized carbons (Fsp3) is 1.00. The molecule has 1 saturated heterocycles. The Kier molecular flexibility index (Phi) is 5.01. The topological polar surface area (TPSA) is 26.7 Å². The molecule has 0 aliphatic carbocycles. The first-order valence-electron chi connectivity index (χ1n) is 5.60. The zero-order valence-electron chi connectivity index (χ0n) is 9.50. The quantitative estimate of drug-likeness (QED) is 0.792. The van der Waals surface area contributed by atoms with E-state index in [9.17, 15) is 13.2 Å². The van der Waals surface area contributed by atoms with Gasteiger partial charge in [-0.2, -0.15) is 13.2 Å². The molecule has 0 spiro atoms. The van der Waals surface area contributed by atoms with Crippen LogP contribution in [0.3, 0.4) is 0 Å². The third kappa shape index (κ3) is 4.27. The first kappa shape index (κ1) is 13.7. The van der Waals surface area contributed by atoms with Crippen LogP contribution in [0.4, 0.5) is 13.2 Å².